The zero-order valence-electron chi connectivity index (χ0n) is 15.4. The largest absolute Gasteiger partial charge is 0.348 e. The Morgan fingerprint density at radius 3 is 2.71 bits per heavy atom. The Kier molecular flexibility index (Phi) is 5.48. The van der Waals surface area contributed by atoms with Crippen LogP contribution >= 0.6 is 11.3 Å². The van der Waals surface area contributed by atoms with Gasteiger partial charge in [-0.15, -0.1) is 11.3 Å². The lowest BCUT2D eigenvalue weighted by Gasteiger charge is -2.18. The van der Waals surface area contributed by atoms with Crippen LogP contribution in [0.2, 0.25) is 0 Å². The first-order valence-electron chi connectivity index (χ1n) is 9.35. The summed E-state index contributed by atoms with van der Waals surface area (Å²) in [4.78, 5) is 30.5. The molecule has 0 saturated carbocycles. The van der Waals surface area contributed by atoms with E-state index in [1.54, 1.807) is 17.4 Å². The van der Waals surface area contributed by atoms with E-state index < -0.39 is 0 Å². The molecular formula is C22H21N3O2S. The highest BCUT2D eigenvalue weighted by Gasteiger charge is 2.20. The number of carbonyl (C=O) groups excluding carboxylic acids is 2. The van der Waals surface area contributed by atoms with Crippen molar-refractivity contribution in [1.29, 1.82) is 0 Å². The van der Waals surface area contributed by atoms with Gasteiger partial charge in [0, 0.05) is 32.1 Å². The molecule has 142 valence electrons. The van der Waals surface area contributed by atoms with Gasteiger partial charge in [-0.25, -0.2) is 4.98 Å². The molecule has 0 unspecified atom stereocenters. The first kappa shape index (κ1) is 18.4. The van der Waals surface area contributed by atoms with Crippen LogP contribution in [0, 0.1) is 0 Å². The monoisotopic (exact) mass is 391 g/mol. The molecule has 0 radical (unpaired) electrons. The third kappa shape index (κ3) is 4.28. The van der Waals surface area contributed by atoms with Gasteiger partial charge in [-0.1, -0.05) is 36.4 Å². The van der Waals surface area contributed by atoms with Crippen LogP contribution < -0.4 is 5.32 Å². The Hall–Kier alpha value is -2.99. The molecular weight excluding hydrogens is 370 g/mol. The molecule has 1 N–H and O–H groups in total. The molecule has 28 heavy (non-hydrogen) atoms. The fraction of sp³-hybridized carbons (Fsp3) is 0.227. The molecule has 3 aromatic rings. The summed E-state index contributed by atoms with van der Waals surface area (Å²) in [6.07, 6.45) is 4.82. The first-order chi connectivity index (χ1) is 13.7. The summed E-state index contributed by atoms with van der Waals surface area (Å²) in [5.41, 5.74) is 3.05. The fourth-order valence-electron chi connectivity index (χ4n) is 3.31. The quantitative estimate of drug-likeness (QED) is 0.651. The van der Waals surface area contributed by atoms with E-state index in [0.29, 0.717) is 19.5 Å². The average Bonchev–Trinajstić information content (AvgIpc) is 3.31. The number of aromatic nitrogens is 1. The molecule has 5 nitrogen and oxygen atoms in total. The summed E-state index contributed by atoms with van der Waals surface area (Å²) >= 11 is 1.56. The number of likely N-dealkylation sites (tertiary alicyclic amines) is 1. The molecule has 1 fully saturated rings. The SMILES string of the molecule is O=C(/C=C/c1nc2ccccc2s1)NCc1ccccc1CN1CCCC1=O. The van der Waals surface area contributed by atoms with Crippen molar-refractivity contribution in [2.75, 3.05) is 6.54 Å². The second kappa shape index (κ2) is 8.35. The van der Waals surface area contributed by atoms with E-state index in [1.807, 2.05) is 53.4 Å². The Bertz CT molecular complexity index is 1010. The Labute approximate surface area is 167 Å². The molecule has 1 aliphatic heterocycles. The highest BCUT2D eigenvalue weighted by molar-refractivity contribution is 7.19. The van der Waals surface area contributed by atoms with Crippen molar-refractivity contribution in [3.8, 4) is 0 Å². The Morgan fingerprint density at radius 1 is 1.14 bits per heavy atom. The van der Waals surface area contributed by atoms with Crippen LogP contribution in [-0.2, 0) is 22.7 Å². The van der Waals surface area contributed by atoms with Crippen LogP contribution in [0.25, 0.3) is 16.3 Å². The molecule has 2 amide bonds. The van der Waals surface area contributed by atoms with Crippen LogP contribution in [0.1, 0.15) is 29.0 Å². The predicted octanol–water partition coefficient (Wildman–Crippen LogP) is 3.75. The van der Waals surface area contributed by atoms with Gasteiger partial charge in [0.05, 0.1) is 10.2 Å². The number of rotatable bonds is 6. The molecule has 2 heterocycles. The van der Waals surface area contributed by atoms with Gasteiger partial charge in [0.1, 0.15) is 5.01 Å². The number of thiazole rings is 1. The van der Waals surface area contributed by atoms with Crippen molar-refractivity contribution >= 4 is 39.4 Å². The second-order valence-electron chi connectivity index (χ2n) is 6.76. The van der Waals surface area contributed by atoms with E-state index in [2.05, 4.69) is 10.3 Å². The molecule has 1 aliphatic rings. The molecule has 0 spiro atoms. The highest BCUT2D eigenvalue weighted by atomic mass is 32.1. The molecule has 4 rings (SSSR count). The lowest BCUT2D eigenvalue weighted by Crippen LogP contribution is -2.26. The van der Waals surface area contributed by atoms with Crippen molar-refractivity contribution in [1.82, 2.24) is 15.2 Å². The van der Waals surface area contributed by atoms with Crippen molar-refractivity contribution in [3.05, 3.63) is 70.7 Å². The summed E-state index contributed by atoms with van der Waals surface area (Å²) in [6, 6.07) is 15.8. The number of nitrogens with one attached hydrogen (secondary N) is 1. The summed E-state index contributed by atoms with van der Waals surface area (Å²) in [7, 11) is 0. The van der Waals surface area contributed by atoms with E-state index >= 15 is 0 Å². The Morgan fingerprint density at radius 2 is 1.93 bits per heavy atom. The lowest BCUT2D eigenvalue weighted by atomic mass is 10.1. The number of benzene rings is 2. The van der Waals surface area contributed by atoms with E-state index in [0.717, 1.165) is 39.3 Å². The molecule has 1 aromatic heterocycles. The van der Waals surface area contributed by atoms with Crippen molar-refractivity contribution in [2.24, 2.45) is 0 Å². The number of hydrogen-bond donors (Lipinski definition) is 1. The third-order valence-electron chi connectivity index (χ3n) is 4.79. The second-order valence-corrected chi connectivity index (χ2v) is 7.82. The number of fused-ring (bicyclic) bond motifs is 1. The van der Waals surface area contributed by atoms with E-state index in [9.17, 15) is 9.59 Å². The standard InChI is InChI=1S/C22H21N3O2S/c26-20(11-12-21-24-18-8-3-4-9-19(18)28-21)23-14-16-6-1-2-7-17(16)15-25-13-5-10-22(25)27/h1-4,6-9,11-12H,5,10,13-15H2,(H,23,26)/b12-11+. The molecule has 0 bridgehead atoms. The zero-order chi connectivity index (χ0) is 19.3. The van der Waals surface area contributed by atoms with Gasteiger partial charge >= 0.3 is 0 Å². The van der Waals surface area contributed by atoms with Crippen LogP contribution in [0.3, 0.4) is 0 Å². The molecule has 1 saturated heterocycles. The van der Waals surface area contributed by atoms with Gasteiger partial charge in [-0.3, -0.25) is 9.59 Å². The fourth-order valence-corrected chi connectivity index (χ4v) is 4.18. The summed E-state index contributed by atoms with van der Waals surface area (Å²) in [5.74, 6) is 0.0453. The van der Waals surface area contributed by atoms with Gasteiger partial charge in [-0.05, 0) is 35.8 Å². The van der Waals surface area contributed by atoms with Gasteiger partial charge < -0.3 is 10.2 Å². The minimum atomic E-state index is -0.161. The topological polar surface area (TPSA) is 62.3 Å². The van der Waals surface area contributed by atoms with Crippen LogP contribution in [0.4, 0.5) is 0 Å². The number of carbonyl (C=O) groups is 2. The van der Waals surface area contributed by atoms with Crippen molar-refractivity contribution in [3.63, 3.8) is 0 Å². The van der Waals surface area contributed by atoms with E-state index in [-0.39, 0.29) is 11.8 Å². The maximum Gasteiger partial charge on any atom is 0.244 e. The maximum atomic E-state index is 12.2. The van der Waals surface area contributed by atoms with E-state index in [4.69, 9.17) is 0 Å². The highest BCUT2D eigenvalue weighted by Crippen LogP contribution is 2.22. The lowest BCUT2D eigenvalue weighted by molar-refractivity contribution is -0.128. The smallest absolute Gasteiger partial charge is 0.244 e. The first-order valence-corrected chi connectivity index (χ1v) is 10.2. The third-order valence-corrected chi connectivity index (χ3v) is 5.79. The molecule has 0 aliphatic carbocycles. The van der Waals surface area contributed by atoms with Crippen molar-refractivity contribution in [2.45, 2.75) is 25.9 Å². The Balaban J connectivity index is 1.37. The zero-order valence-corrected chi connectivity index (χ0v) is 16.2. The van der Waals surface area contributed by atoms with Crippen LogP contribution in [-0.4, -0.2) is 28.2 Å². The van der Waals surface area contributed by atoms with Gasteiger partial charge in [-0.2, -0.15) is 0 Å². The molecule has 6 heteroatoms. The summed E-state index contributed by atoms with van der Waals surface area (Å²) in [5, 5.41) is 3.74. The van der Waals surface area contributed by atoms with E-state index in [1.165, 1.54) is 6.08 Å². The number of amides is 2. The average molecular weight is 391 g/mol. The minimum Gasteiger partial charge on any atom is -0.348 e. The number of nitrogens with zero attached hydrogens (tertiary/aromatic N) is 2. The number of hydrogen-bond acceptors (Lipinski definition) is 4. The minimum absolute atomic E-state index is 0.161. The predicted molar refractivity (Wildman–Crippen MR) is 112 cm³/mol. The van der Waals surface area contributed by atoms with Gasteiger partial charge in [0.25, 0.3) is 0 Å². The maximum absolute atomic E-state index is 12.2. The van der Waals surface area contributed by atoms with Gasteiger partial charge in [0.15, 0.2) is 0 Å². The van der Waals surface area contributed by atoms with Crippen LogP contribution in [0.15, 0.2) is 54.6 Å². The normalized spacial score (nSPS) is 14.3. The molecule has 2 aromatic carbocycles. The van der Waals surface area contributed by atoms with Crippen molar-refractivity contribution < 1.29 is 9.59 Å². The molecule has 0 atom stereocenters. The number of para-hydroxylation sites is 1. The summed E-state index contributed by atoms with van der Waals surface area (Å²) < 4.78 is 1.10. The van der Waals surface area contributed by atoms with Crippen LogP contribution in [0.5, 0.6) is 0 Å². The summed E-state index contributed by atoms with van der Waals surface area (Å²) in [6.45, 7) is 1.85. The van der Waals surface area contributed by atoms with Gasteiger partial charge in [0.2, 0.25) is 11.8 Å².